The Morgan fingerprint density at radius 1 is 0.405 bits per heavy atom. The van der Waals surface area contributed by atoms with E-state index in [1.165, 1.54) is 161 Å². The molecule has 0 bridgehead atoms. The Morgan fingerprint density at radius 2 is 0.649 bits per heavy atom. The molecule has 3 heteroatoms. The summed E-state index contributed by atoms with van der Waals surface area (Å²) < 4.78 is 0. The second-order valence-electron chi connectivity index (χ2n) is 12.2. The largest absolute Gasteiger partial charge is 0.364 e. The lowest BCUT2D eigenvalue weighted by atomic mass is 9.95. The van der Waals surface area contributed by atoms with Gasteiger partial charge in [0.05, 0.1) is 6.04 Å². The zero-order chi connectivity index (χ0) is 27.3. The number of aliphatic hydroxyl groups is 2. The van der Waals surface area contributed by atoms with Gasteiger partial charge in [-0.3, -0.25) is 0 Å². The van der Waals surface area contributed by atoms with Crippen molar-refractivity contribution in [3.63, 3.8) is 0 Å². The van der Waals surface area contributed by atoms with Crippen LogP contribution in [0.15, 0.2) is 0 Å². The van der Waals surface area contributed by atoms with Gasteiger partial charge in [0, 0.05) is 6.42 Å². The molecule has 0 fully saturated rings. The summed E-state index contributed by atoms with van der Waals surface area (Å²) in [5.74, 6) is -1.69. The molecule has 37 heavy (non-hydrogen) atoms. The summed E-state index contributed by atoms with van der Waals surface area (Å²) in [6.45, 7) is 4.56. The highest BCUT2D eigenvalue weighted by atomic mass is 16.5. The first-order chi connectivity index (χ1) is 18.0. The van der Waals surface area contributed by atoms with Gasteiger partial charge in [0.15, 0.2) is 5.79 Å². The van der Waals surface area contributed by atoms with Gasteiger partial charge in [-0.25, -0.2) is 0 Å². The predicted octanol–water partition coefficient (Wildman–Crippen LogP) is 10.7. The van der Waals surface area contributed by atoms with Crippen molar-refractivity contribution in [2.75, 3.05) is 0 Å². The van der Waals surface area contributed by atoms with E-state index in [2.05, 4.69) is 13.8 Å². The van der Waals surface area contributed by atoms with Gasteiger partial charge >= 0.3 is 0 Å². The van der Waals surface area contributed by atoms with Crippen molar-refractivity contribution in [2.24, 2.45) is 5.73 Å². The number of hydrogen-bond donors (Lipinski definition) is 3. The van der Waals surface area contributed by atoms with Gasteiger partial charge in [0.1, 0.15) is 0 Å². The zero-order valence-electron chi connectivity index (χ0n) is 25.8. The molecular formula is C34H71NO2. The SMILES string of the molecule is CCCCCCCCCCCCCCCCC(N)C(O)(O)CCCCCCCCCCCCCCCC. The quantitative estimate of drug-likeness (QED) is 0.0622. The average molecular weight is 526 g/mol. The molecule has 0 aromatic rings. The molecule has 0 amide bonds. The minimum Gasteiger partial charge on any atom is -0.364 e. The van der Waals surface area contributed by atoms with Crippen LogP contribution in [0.5, 0.6) is 0 Å². The van der Waals surface area contributed by atoms with E-state index in [4.69, 9.17) is 5.73 Å². The molecule has 0 radical (unpaired) electrons. The number of nitrogens with two attached hydrogens (primary N) is 1. The Hall–Kier alpha value is -0.120. The van der Waals surface area contributed by atoms with Crippen molar-refractivity contribution in [3.8, 4) is 0 Å². The van der Waals surface area contributed by atoms with Crippen LogP contribution in [0.25, 0.3) is 0 Å². The standard InChI is InChI=1S/C34H71NO2/c1-3-5-7-9-11-13-15-17-19-21-23-25-27-29-31-33(35)34(36,37)32-30-28-26-24-22-20-18-16-14-12-10-8-6-4-2/h33,36-37H,3-32,35H2,1-2H3. The van der Waals surface area contributed by atoms with E-state index in [1.54, 1.807) is 0 Å². The highest BCUT2D eigenvalue weighted by Crippen LogP contribution is 2.21. The fourth-order valence-electron chi connectivity index (χ4n) is 5.56. The van der Waals surface area contributed by atoms with Crippen molar-refractivity contribution in [3.05, 3.63) is 0 Å². The summed E-state index contributed by atoms with van der Waals surface area (Å²) in [6.07, 6.45) is 38.2. The predicted molar refractivity (Wildman–Crippen MR) is 165 cm³/mol. The lowest BCUT2D eigenvalue weighted by molar-refractivity contribution is -0.183. The van der Waals surface area contributed by atoms with Crippen LogP contribution in [0.4, 0.5) is 0 Å². The van der Waals surface area contributed by atoms with E-state index in [1.807, 2.05) is 0 Å². The van der Waals surface area contributed by atoms with E-state index < -0.39 is 11.8 Å². The maximum Gasteiger partial charge on any atom is 0.178 e. The van der Waals surface area contributed by atoms with E-state index in [-0.39, 0.29) is 0 Å². The van der Waals surface area contributed by atoms with Crippen molar-refractivity contribution in [2.45, 2.75) is 218 Å². The molecule has 0 aromatic carbocycles. The summed E-state index contributed by atoms with van der Waals surface area (Å²) in [7, 11) is 0. The van der Waals surface area contributed by atoms with Crippen LogP contribution in [-0.4, -0.2) is 22.0 Å². The zero-order valence-corrected chi connectivity index (χ0v) is 25.8. The first-order valence-electron chi connectivity index (χ1n) is 17.2. The molecule has 1 atom stereocenters. The summed E-state index contributed by atoms with van der Waals surface area (Å²) in [5.41, 5.74) is 6.15. The van der Waals surface area contributed by atoms with Crippen LogP contribution >= 0.6 is 0 Å². The van der Waals surface area contributed by atoms with Crippen molar-refractivity contribution >= 4 is 0 Å². The normalized spacial score (nSPS) is 12.9. The fourth-order valence-corrected chi connectivity index (χ4v) is 5.56. The highest BCUT2D eigenvalue weighted by molar-refractivity contribution is 4.79. The number of hydrogen-bond acceptors (Lipinski definition) is 3. The molecule has 3 nitrogen and oxygen atoms in total. The molecule has 0 rings (SSSR count). The maximum atomic E-state index is 10.4. The van der Waals surface area contributed by atoms with Crippen LogP contribution in [0.3, 0.4) is 0 Å². The molecule has 0 saturated heterocycles. The molecule has 0 aromatic heterocycles. The van der Waals surface area contributed by atoms with Gasteiger partial charge in [-0.05, 0) is 12.8 Å². The Kier molecular flexibility index (Phi) is 28.8. The number of unbranched alkanes of at least 4 members (excludes halogenated alkanes) is 26. The molecule has 0 saturated carbocycles. The van der Waals surface area contributed by atoms with E-state index in [0.29, 0.717) is 6.42 Å². The first kappa shape index (κ1) is 36.9. The van der Waals surface area contributed by atoms with Crippen LogP contribution in [0.1, 0.15) is 206 Å². The Balaban J connectivity index is 3.42. The average Bonchev–Trinajstić information content (AvgIpc) is 2.88. The Labute approximate surface area is 234 Å². The summed E-state index contributed by atoms with van der Waals surface area (Å²) in [4.78, 5) is 0. The molecule has 0 aliphatic heterocycles. The molecular weight excluding hydrogens is 454 g/mol. The van der Waals surface area contributed by atoms with Gasteiger partial charge in [0.2, 0.25) is 0 Å². The van der Waals surface area contributed by atoms with Gasteiger partial charge in [-0.15, -0.1) is 0 Å². The Bertz CT molecular complexity index is 426. The monoisotopic (exact) mass is 526 g/mol. The summed E-state index contributed by atoms with van der Waals surface area (Å²) >= 11 is 0. The summed E-state index contributed by atoms with van der Waals surface area (Å²) in [6, 6.07) is -0.508. The topological polar surface area (TPSA) is 66.5 Å². The first-order valence-corrected chi connectivity index (χ1v) is 17.2. The second kappa shape index (κ2) is 28.9. The van der Waals surface area contributed by atoms with Crippen molar-refractivity contribution in [1.82, 2.24) is 0 Å². The molecule has 0 spiro atoms. The Morgan fingerprint density at radius 3 is 0.946 bits per heavy atom. The molecule has 224 valence electrons. The van der Waals surface area contributed by atoms with Crippen molar-refractivity contribution in [1.29, 1.82) is 0 Å². The van der Waals surface area contributed by atoms with E-state index in [9.17, 15) is 10.2 Å². The molecule has 0 aliphatic carbocycles. The van der Waals surface area contributed by atoms with Crippen LogP contribution in [0.2, 0.25) is 0 Å². The smallest absolute Gasteiger partial charge is 0.178 e. The van der Waals surface area contributed by atoms with E-state index >= 15 is 0 Å². The molecule has 4 N–H and O–H groups in total. The molecule has 1 unspecified atom stereocenters. The van der Waals surface area contributed by atoms with Crippen LogP contribution in [0, 0.1) is 0 Å². The highest BCUT2D eigenvalue weighted by Gasteiger charge is 2.30. The van der Waals surface area contributed by atoms with Crippen LogP contribution < -0.4 is 5.73 Å². The third-order valence-electron chi connectivity index (χ3n) is 8.36. The van der Waals surface area contributed by atoms with Gasteiger partial charge in [-0.2, -0.15) is 0 Å². The summed E-state index contributed by atoms with van der Waals surface area (Å²) in [5, 5.41) is 20.8. The lowest BCUT2D eigenvalue weighted by Crippen LogP contribution is -2.47. The minimum atomic E-state index is -1.69. The van der Waals surface area contributed by atoms with Crippen LogP contribution in [-0.2, 0) is 0 Å². The third-order valence-corrected chi connectivity index (χ3v) is 8.36. The third kappa shape index (κ3) is 27.2. The second-order valence-corrected chi connectivity index (χ2v) is 12.2. The molecule has 0 aliphatic rings. The van der Waals surface area contributed by atoms with Gasteiger partial charge in [-0.1, -0.05) is 187 Å². The molecule has 0 heterocycles. The maximum absolute atomic E-state index is 10.4. The van der Waals surface area contributed by atoms with Crippen molar-refractivity contribution < 1.29 is 10.2 Å². The lowest BCUT2D eigenvalue weighted by Gasteiger charge is -2.28. The van der Waals surface area contributed by atoms with Gasteiger partial charge < -0.3 is 15.9 Å². The van der Waals surface area contributed by atoms with Gasteiger partial charge in [0.25, 0.3) is 0 Å². The number of rotatable bonds is 31. The van der Waals surface area contributed by atoms with E-state index in [0.717, 1.165) is 25.7 Å². The fraction of sp³-hybridized carbons (Fsp3) is 1.00. The minimum absolute atomic E-state index is 0.421.